The van der Waals surface area contributed by atoms with Crippen molar-refractivity contribution in [3.05, 3.63) is 67.9 Å². The first-order chi connectivity index (χ1) is 10.0. The van der Waals surface area contributed by atoms with Crippen LogP contribution in [0, 0.1) is 5.82 Å². The summed E-state index contributed by atoms with van der Waals surface area (Å²) in [6, 6.07) is 9.80. The monoisotopic (exact) mass is 389 g/mol. The Morgan fingerprint density at radius 2 is 2.00 bits per heavy atom. The van der Waals surface area contributed by atoms with Gasteiger partial charge in [0.25, 0.3) is 0 Å². The van der Waals surface area contributed by atoms with Gasteiger partial charge in [-0.3, -0.25) is 0 Å². The molecule has 0 radical (unpaired) electrons. The van der Waals surface area contributed by atoms with E-state index in [4.69, 9.17) is 23.2 Å². The van der Waals surface area contributed by atoms with Crippen LogP contribution in [0.2, 0.25) is 10.0 Å². The van der Waals surface area contributed by atoms with Crippen molar-refractivity contribution < 1.29 is 4.39 Å². The van der Waals surface area contributed by atoms with Gasteiger partial charge in [0.2, 0.25) is 0 Å². The van der Waals surface area contributed by atoms with Gasteiger partial charge in [-0.05, 0) is 48.9 Å². The van der Waals surface area contributed by atoms with Crippen molar-refractivity contribution in [3.8, 4) is 0 Å². The van der Waals surface area contributed by atoms with E-state index in [1.807, 2.05) is 6.07 Å². The third kappa shape index (κ3) is 3.98. The molecule has 112 valence electrons. The molecule has 0 bridgehead atoms. The summed E-state index contributed by atoms with van der Waals surface area (Å²) in [7, 11) is 0. The molecule has 0 aliphatic rings. The van der Waals surface area contributed by atoms with Crippen LogP contribution in [0.3, 0.4) is 0 Å². The maximum atomic E-state index is 14.3. The first-order valence-corrected chi connectivity index (χ1v) is 8.21. The van der Waals surface area contributed by atoms with E-state index in [1.165, 1.54) is 6.07 Å². The summed E-state index contributed by atoms with van der Waals surface area (Å²) in [6.45, 7) is 2.80. The molecule has 5 heteroatoms. The zero-order valence-electron chi connectivity index (χ0n) is 11.5. The Balaban J connectivity index is 2.55. The molecule has 0 saturated heterocycles. The van der Waals surface area contributed by atoms with Gasteiger partial charge >= 0.3 is 0 Å². The van der Waals surface area contributed by atoms with E-state index in [-0.39, 0.29) is 11.9 Å². The van der Waals surface area contributed by atoms with Crippen molar-refractivity contribution >= 4 is 39.1 Å². The third-order valence-corrected chi connectivity index (χ3v) is 4.43. The largest absolute Gasteiger partial charge is 0.306 e. The smallest absolute Gasteiger partial charge is 0.129 e. The molecule has 0 spiro atoms. The minimum absolute atomic E-state index is 0.283. The van der Waals surface area contributed by atoms with Crippen molar-refractivity contribution in [1.82, 2.24) is 5.32 Å². The van der Waals surface area contributed by atoms with Crippen molar-refractivity contribution in [1.29, 1.82) is 0 Å². The highest BCUT2D eigenvalue weighted by Gasteiger charge is 2.22. The molecule has 0 aliphatic heterocycles. The second-order valence-electron chi connectivity index (χ2n) is 4.69. The quantitative estimate of drug-likeness (QED) is 0.661. The van der Waals surface area contributed by atoms with Crippen LogP contribution in [0.15, 0.2) is 40.9 Å². The lowest BCUT2D eigenvalue weighted by molar-refractivity contribution is 0.544. The topological polar surface area (TPSA) is 12.0 Å². The lowest BCUT2D eigenvalue weighted by Crippen LogP contribution is -2.25. The molecule has 0 fully saturated rings. The van der Waals surface area contributed by atoms with Crippen LogP contribution in [0.5, 0.6) is 0 Å². The molecule has 0 aromatic heterocycles. The fraction of sp³-hybridized carbons (Fsp3) is 0.250. The Bertz CT molecular complexity index is 613. The van der Waals surface area contributed by atoms with Crippen LogP contribution in [0.4, 0.5) is 4.39 Å². The molecule has 1 unspecified atom stereocenters. The van der Waals surface area contributed by atoms with E-state index in [0.717, 1.165) is 18.5 Å². The van der Waals surface area contributed by atoms with Gasteiger partial charge in [0.1, 0.15) is 5.82 Å². The van der Waals surface area contributed by atoms with Crippen LogP contribution >= 0.6 is 39.1 Å². The molecule has 2 aromatic rings. The van der Waals surface area contributed by atoms with Gasteiger partial charge in [0.05, 0.1) is 6.04 Å². The molecule has 21 heavy (non-hydrogen) atoms. The molecule has 0 aliphatic carbocycles. The summed E-state index contributed by atoms with van der Waals surface area (Å²) in [4.78, 5) is 0. The molecular formula is C16H15BrCl2FN. The zero-order chi connectivity index (χ0) is 15.4. The van der Waals surface area contributed by atoms with Gasteiger partial charge < -0.3 is 5.32 Å². The predicted octanol–water partition coefficient (Wildman–Crippen LogP) is 5.98. The van der Waals surface area contributed by atoms with Crippen molar-refractivity contribution in [2.45, 2.75) is 19.4 Å². The lowest BCUT2D eigenvalue weighted by Gasteiger charge is -2.22. The van der Waals surface area contributed by atoms with Crippen LogP contribution in [0.25, 0.3) is 0 Å². The Hall–Kier alpha value is -0.610. The van der Waals surface area contributed by atoms with Crippen LogP contribution in [-0.2, 0) is 0 Å². The lowest BCUT2D eigenvalue weighted by atomic mass is 9.98. The average Bonchev–Trinajstić information content (AvgIpc) is 2.45. The minimum Gasteiger partial charge on any atom is -0.306 e. The van der Waals surface area contributed by atoms with Crippen molar-refractivity contribution in [3.63, 3.8) is 0 Å². The SMILES string of the molecule is CCCNC(c1cc(Cl)ccc1Cl)c1c(F)cccc1Br. The molecule has 1 nitrogen and oxygen atoms in total. The summed E-state index contributed by atoms with van der Waals surface area (Å²) in [6.07, 6.45) is 0.931. The van der Waals surface area contributed by atoms with E-state index in [2.05, 4.69) is 28.2 Å². The van der Waals surface area contributed by atoms with Gasteiger partial charge in [0.15, 0.2) is 0 Å². The molecular weight excluding hydrogens is 376 g/mol. The fourth-order valence-electron chi connectivity index (χ4n) is 2.18. The number of hydrogen-bond donors (Lipinski definition) is 1. The molecule has 0 heterocycles. The van der Waals surface area contributed by atoms with E-state index >= 15 is 0 Å². The summed E-state index contributed by atoms with van der Waals surface area (Å²) in [5.74, 6) is -0.283. The summed E-state index contributed by atoms with van der Waals surface area (Å²) >= 11 is 15.8. The maximum Gasteiger partial charge on any atom is 0.129 e. The molecule has 2 aromatic carbocycles. The van der Waals surface area contributed by atoms with Gasteiger partial charge in [-0.2, -0.15) is 0 Å². The van der Waals surface area contributed by atoms with Gasteiger partial charge in [-0.25, -0.2) is 4.39 Å². The Kier molecular flexibility index (Phi) is 6.06. The third-order valence-electron chi connectivity index (χ3n) is 3.16. The predicted molar refractivity (Wildman–Crippen MR) is 90.7 cm³/mol. The molecule has 0 saturated carbocycles. The number of benzene rings is 2. The van der Waals surface area contributed by atoms with Gasteiger partial charge in [-0.15, -0.1) is 0 Å². The highest BCUT2D eigenvalue weighted by atomic mass is 79.9. The van der Waals surface area contributed by atoms with Crippen molar-refractivity contribution in [2.24, 2.45) is 0 Å². The average molecular weight is 391 g/mol. The summed E-state index contributed by atoms with van der Waals surface area (Å²) < 4.78 is 15.0. The van der Waals surface area contributed by atoms with E-state index in [0.29, 0.717) is 20.1 Å². The first-order valence-electron chi connectivity index (χ1n) is 6.66. The Morgan fingerprint density at radius 3 is 2.67 bits per heavy atom. The molecule has 1 atom stereocenters. The van der Waals surface area contributed by atoms with Crippen LogP contribution < -0.4 is 5.32 Å². The summed E-state index contributed by atoms with van der Waals surface area (Å²) in [5.41, 5.74) is 1.30. The van der Waals surface area contributed by atoms with Crippen molar-refractivity contribution in [2.75, 3.05) is 6.54 Å². The van der Waals surface area contributed by atoms with Crippen LogP contribution in [-0.4, -0.2) is 6.54 Å². The standard InChI is InChI=1S/C16H15BrCl2FN/c1-2-8-21-16(11-9-10(18)6-7-13(11)19)15-12(17)4-3-5-14(15)20/h3-7,9,16,21H,2,8H2,1H3. The fourth-order valence-corrected chi connectivity index (χ4v) is 3.16. The molecule has 0 amide bonds. The first kappa shape index (κ1) is 16.8. The number of rotatable bonds is 5. The number of nitrogens with one attached hydrogen (secondary N) is 1. The summed E-state index contributed by atoms with van der Waals surface area (Å²) in [5, 5.41) is 4.47. The second kappa shape index (κ2) is 7.59. The number of halogens is 4. The van der Waals surface area contributed by atoms with E-state index < -0.39 is 0 Å². The Morgan fingerprint density at radius 1 is 1.24 bits per heavy atom. The molecule has 1 N–H and O–H groups in total. The van der Waals surface area contributed by atoms with Gasteiger partial charge in [-0.1, -0.05) is 52.1 Å². The normalized spacial score (nSPS) is 12.4. The number of hydrogen-bond acceptors (Lipinski definition) is 1. The van der Waals surface area contributed by atoms with E-state index in [1.54, 1.807) is 24.3 Å². The Labute approximate surface area is 142 Å². The maximum absolute atomic E-state index is 14.3. The minimum atomic E-state index is -0.355. The highest BCUT2D eigenvalue weighted by Crippen LogP contribution is 2.35. The van der Waals surface area contributed by atoms with Gasteiger partial charge in [0, 0.05) is 20.1 Å². The highest BCUT2D eigenvalue weighted by molar-refractivity contribution is 9.10. The second-order valence-corrected chi connectivity index (χ2v) is 6.39. The molecule has 2 rings (SSSR count). The zero-order valence-corrected chi connectivity index (χ0v) is 14.6. The van der Waals surface area contributed by atoms with Crippen LogP contribution in [0.1, 0.15) is 30.5 Å². The van der Waals surface area contributed by atoms with E-state index in [9.17, 15) is 4.39 Å².